The fraction of sp³-hybridized carbons (Fsp3) is 0.833. The third kappa shape index (κ3) is 0.660. The summed E-state index contributed by atoms with van der Waals surface area (Å²) < 4.78 is 0. The first kappa shape index (κ1) is 6.12. The SMILES string of the molecule is O=C(O)C1NCC2CCN21. The molecule has 4 heteroatoms. The second-order valence-corrected chi connectivity index (χ2v) is 2.83. The van der Waals surface area contributed by atoms with Gasteiger partial charge in [-0.1, -0.05) is 0 Å². The number of nitrogens with zero attached hydrogens (tertiary/aromatic N) is 1. The summed E-state index contributed by atoms with van der Waals surface area (Å²) in [6.07, 6.45) is 0.746. The Bertz CT molecular complexity index is 171. The highest BCUT2D eigenvalue weighted by molar-refractivity contribution is 5.73. The Morgan fingerprint density at radius 1 is 1.70 bits per heavy atom. The smallest absolute Gasteiger partial charge is 0.335 e. The standard InChI is InChI=1S/C6H10N2O2/c9-6(10)5-7-3-4-1-2-8(4)5/h4-5,7H,1-3H2,(H,9,10). The largest absolute Gasteiger partial charge is 0.479 e. The number of carboxylic acids is 1. The molecule has 2 N–H and O–H groups in total. The molecule has 56 valence electrons. The minimum absolute atomic E-state index is 0.404. The van der Waals surface area contributed by atoms with Gasteiger partial charge in [0.05, 0.1) is 0 Å². The summed E-state index contributed by atoms with van der Waals surface area (Å²) in [4.78, 5) is 12.5. The number of hydrogen-bond acceptors (Lipinski definition) is 3. The number of carbonyl (C=O) groups is 1. The van der Waals surface area contributed by atoms with E-state index in [1.807, 2.05) is 4.90 Å². The molecule has 4 nitrogen and oxygen atoms in total. The van der Waals surface area contributed by atoms with Crippen LogP contribution in [0, 0.1) is 0 Å². The third-order valence-electron chi connectivity index (χ3n) is 2.30. The zero-order valence-corrected chi connectivity index (χ0v) is 5.58. The van der Waals surface area contributed by atoms with Crippen LogP contribution in [0.25, 0.3) is 0 Å². The maximum absolute atomic E-state index is 10.5. The van der Waals surface area contributed by atoms with E-state index in [9.17, 15) is 4.79 Å². The van der Waals surface area contributed by atoms with E-state index in [0.29, 0.717) is 6.04 Å². The van der Waals surface area contributed by atoms with Crippen LogP contribution in [-0.2, 0) is 4.79 Å². The van der Waals surface area contributed by atoms with Crippen LogP contribution in [0.3, 0.4) is 0 Å². The Morgan fingerprint density at radius 2 is 2.50 bits per heavy atom. The van der Waals surface area contributed by atoms with Gasteiger partial charge in [0, 0.05) is 19.1 Å². The van der Waals surface area contributed by atoms with Gasteiger partial charge in [0.2, 0.25) is 0 Å². The molecule has 2 heterocycles. The number of carboxylic acid groups (broad SMARTS) is 1. The third-order valence-corrected chi connectivity index (χ3v) is 2.30. The molecule has 2 aliphatic rings. The van der Waals surface area contributed by atoms with Crippen LogP contribution in [-0.4, -0.2) is 41.3 Å². The molecule has 2 unspecified atom stereocenters. The molecule has 2 aliphatic heterocycles. The second-order valence-electron chi connectivity index (χ2n) is 2.83. The lowest BCUT2D eigenvalue weighted by molar-refractivity contribution is -0.145. The van der Waals surface area contributed by atoms with Crippen molar-refractivity contribution in [2.45, 2.75) is 18.6 Å². The van der Waals surface area contributed by atoms with E-state index >= 15 is 0 Å². The van der Waals surface area contributed by atoms with E-state index < -0.39 is 12.1 Å². The summed E-state index contributed by atoms with van der Waals surface area (Å²) >= 11 is 0. The van der Waals surface area contributed by atoms with Crippen molar-refractivity contribution in [2.75, 3.05) is 13.1 Å². The maximum Gasteiger partial charge on any atom is 0.335 e. The lowest BCUT2D eigenvalue weighted by atomic mass is 10.1. The quantitative estimate of drug-likeness (QED) is 0.497. The minimum atomic E-state index is -0.748. The van der Waals surface area contributed by atoms with E-state index in [4.69, 9.17) is 5.11 Å². The van der Waals surface area contributed by atoms with E-state index in [-0.39, 0.29) is 0 Å². The molecule has 2 atom stereocenters. The van der Waals surface area contributed by atoms with Gasteiger partial charge in [-0.15, -0.1) is 0 Å². The minimum Gasteiger partial charge on any atom is -0.479 e. The molecular formula is C6H10N2O2. The van der Waals surface area contributed by atoms with Crippen LogP contribution in [0.15, 0.2) is 0 Å². The molecule has 0 amide bonds. The number of hydrogen-bond donors (Lipinski definition) is 2. The zero-order valence-electron chi connectivity index (χ0n) is 5.58. The van der Waals surface area contributed by atoms with Gasteiger partial charge in [-0.25, -0.2) is 4.79 Å². The van der Waals surface area contributed by atoms with Crippen LogP contribution in [0.5, 0.6) is 0 Å². The van der Waals surface area contributed by atoms with Gasteiger partial charge in [-0.2, -0.15) is 0 Å². The molecule has 0 spiro atoms. The van der Waals surface area contributed by atoms with Gasteiger partial charge >= 0.3 is 5.97 Å². The molecule has 2 rings (SSSR count). The summed E-state index contributed by atoms with van der Waals surface area (Å²) in [6.45, 7) is 1.78. The fourth-order valence-electron chi connectivity index (χ4n) is 1.61. The van der Waals surface area contributed by atoms with Crippen molar-refractivity contribution in [3.8, 4) is 0 Å². The molecule has 0 saturated carbocycles. The van der Waals surface area contributed by atoms with E-state index in [1.54, 1.807) is 0 Å². The van der Waals surface area contributed by atoms with Crippen LogP contribution < -0.4 is 5.32 Å². The van der Waals surface area contributed by atoms with Crippen molar-refractivity contribution in [1.29, 1.82) is 0 Å². The van der Waals surface area contributed by atoms with Gasteiger partial charge in [0.25, 0.3) is 0 Å². The van der Waals surface area contributed by atoms with Gasteiger partial charge in [0.15, 0.2) is 6.17 Å². The normalized spacial score (nSPS) is 38.8. The van der Waals surface area contributed by atoms with E-state index in [1.165, 1.54) is 0 Å². The average molecular weight is 142 g/mol. The molecule has 0 aromatic heterocycles. The van der Waals surface area contributed by atoms with Gasteiger partial charge < -0.3 is 5.11 Å². The fourth-order valence-corrected chi connectivity index (χ4v) is 1.61. The summed E-state index contributed by atoms with van der Waals surface area (Å²) in [5.74, 6) is -0.748. The molecule has 0 aromatic rings. The second kappa shape index (κ2) is 1.93. The maximum atomic E-state index is 10.5. The Morgan fingerprint density at radius 3 is 2.80 bits per heavy atom. The van der Waals surface area contributed by atoms with Crippen molar-refractivity contribution >= 4 is 5.97 Å². The molecule has 0 aromatic carbocycles. The lowest BCUT2D eigenvalue weighted by Crippen LogP contribution is -2.51. The summed E-state index contributed by atoms with van der Waals surface area (Å²) in [5, 5.41) is 11.6. The van der Waals surface area contributed by atoms with Crippen LogP contribution >= 0.6 is 0 Å². The van der Waals surface area contributed by atoms with Crippen molar-refractivity contribution < 1.29 is 9.90 Å². The van der Waals surface area contributed by atoms with Crippen molar-refractivity contribution in [3.63, 3.8) is 0 Å². The molecule has 0 aliphatic carbocycles. The summed E-state index contributed by atoms with van der Waals surface area (Å²) in [6, 6.07) is 0.501. The van der Waals surface area contributed by atoms with Crippen LogP contribution in [0.4, 0.5) is 0 Å². The molecule has 2 saturated heterocycles. The highest BCUT2D eigenvalue weighted by atomic mass is 16.4. The van der Waals surface area contributed by atoms with E-state index in [0.717, 1.165) is 19.5 Å². The monoisotopic (exact) mass is 142 g/mol. The number of nitrogens with one attached hydrogen (secondary N) is 1. The Hall–Kier alpha value is -0.610. The predicted molar refractivity (Wildman–Crippen MR) is 34.5 cm³/mol. The van der Waals surface area contributed by atoms with Crippen molar-refractivity contribution in [3.05, 3.63) is 0 Å². The predicted octanol–water partition coefficient (Wildman–Crippen LogP) is -0.925. The topological polar surface area (TPSA) is 52.6 Å². The number of fused-ring (bicyclic) bond motifs is 1. The molecular weight excluding hydrogens is 132 g/mol. The highest BCUT2D eigenvalue weighted by Crippen LogP contribution is 2.23. The Balaban J connectivity index is 2.05. The Kier molecular flexibility index (Phi) is 1.18. The summed E-state index contributed by atoms with van der Waals surface area (Å²) in [5.41, 5.74) is 0. The van der Waals surface area contributed by atoms with Crippen LogP contribution in [0.1, 0.15) is 6.42 Å². The molecule has 0 radical (unpaired) electrons. The first-order valence-electron chi connectivity index (χ1n) is 3.51. The highest BCUT2D eigenvalue weighted by Gasteiger charge is 2.42. The zero-order chi connectivity index (χ0) is 7.14. The Labute approximate surface area is 58.8 Å². The summed E-state index contributed by atoms with van der Waals surface area (Å²) in [7, 11) is 0. The number of rotatable bonds is 1. The van der Waals surface area contributed by atoms with Gasteiger partial charge in [-0.05, 0) is 6.42 Å². The van der Waals surface area contributed by atoms with Crippen molar-refractivity contribution in [1.82, 2.24) is 10.2 Å². The lowest BCUT2D eigenvalue weighted by Gasteiger charge is -2.35. The first-order chi connectivity index (χ1) is 4.79. The van der Waals surface area contributed by atoms with Crippen molar-refractivity contribution in [2.24, 2.45) is 0 Å². The molecule has 10 heavy (non-hydrogen) atoms. The van der Waals surface area contributed by atoms with Crippen LogP contribution in [0.2, 0.25) is 0 Å². The molecule has 2 fully saturated rings. The first-order valence-corrected chi connectivity index (χ1v) is 3.51. The average Bonchev–Trinajstić information content (AvgIpc) is 2.07. The van der Waals surface area contributed by atoms with E-state index in [2.05, 4.69) is 5.32 Å². The van der Waals surface area contributed by atoms with Gasteiger partial charge in [0.1, 0.15) is 0 Å². The van der Waals surface area contributed by atoms with Gasteiger partial charge in [-0.3, -0.25) is 10.2 Å². The number of aliphatic carboxylic acids is 1. The molecule has 0 bridgehead atoms.